The molecule has 3 rings (SSSR count). The average molecular weight is 345 g/mol. The van der Waals surface area contributed by atoms with Crippen LogP contribution >= 0.6 is 0 Å². The van der Waals surface area contributed by atoms with Crippen molar-refractivity contribution in [3.05, 3.63) is 28.8 Å². The molecule has 1 saturated carbocycles. The normalized spacial score (nSPS) is 35.1. The van der Waals surface area contributed by atoms with Crippen LogP contribution in [0.5, 0.6) is 5.75 Å². The van der Waals surface area contributed by atoms with E-state index >= 15 is 0 Å². The van der Waals surface area contributed by atoms with Crippen molar-refractivity contribution in [2.24, 2.45) is 11.8 Å². The number of hydrogen-bond donors (Lipinski definition) is 2. The minimum absolute atomic E-state index is 0.0265. The molecule has 138 valence electrons. The second kappa shape index (κ2) is 6.64. The Morgan fingerprint density at radius 2 is 1.92 bits per heavy atom. The molecule has 0 spiro atoms. The van der Waals surface area contributed by atoms with Crippen molar-refractivity contribution in [2.75, 3.05) is 0 Å². The molecule has 1 amide bonds. The maximum absolute atomic E-state index is 11.9. The van der Waals surface area contributed by atoms with Gasteiger partial charge in [0.2, 0.25) is 5.91 Å². The number of phenolic OH excluding ortho intramolecular Hbond substituents is 1. The maximum atomic E-state index is 11.9. The van der Waals surface area contributed by atoms with Crippen LogP contribution in [0.1, 0.15) is 69.2 Å². The summed E-state index contributed by atoms with van der Waals surface area (Å²) >= 11 is 0. The smallest absolute Gasteiger partial charge is 0.217 e. The van der Waals surface area contributed by atoms with E-state index in [0.717, 1.165) is 36.0 Å². The fourth-order valence-electron chi connectivity index (χ4n) is 4.92. The first-order valence-corrected chi connectivity index (χ1v) is 9.44. The summed E-state index contributed by atoms with van der Waals surface area (Å²) in [7, 11) is 0. The van der Waals surface area contributed by atoms with Crippen LogP contribution in [0.4, 0.5) is 0 Å². The molecule has 2 N–H and O–H groups in total. The zero-order valence-electron chi connectivity index (χ0n) is 16.1. The molecule has 1 aromatic carbocycles. The lowest BCUT2D eigenvalue weighted by Gasteiger charge is -2.52. The molecule has 4 heteroatoms. The van der Waals surface area contributed by atoms with Gasteiger partial charge < -0.3 is 15.2 Å². The van der Waals surface area contributed by atoms with Gasteiger partial charge in [0.15, 0.2) is 0 Å². The number of nitrogens with one attached hydrogen (secondary N) is 1. The van der Waals surface area contributed by atoms with Gasteiger partial charge in [0.25, 0.3) is 0 Å². The van der Waals surface area contributed by atoms with Crippen molar-refractivity contribution in [3.63, 3.8) is 0 Å². The number of amides is 1. The van der Waals surface area contributed by atoms with Gasteiger partial charge in [0.05, 0.1) is 12.2 Å². The van der Waals surface area contributed by atoms with Gasteiger partial charge in [0.1, 0.15) is 5.75 Å². The summed E-state index contributed by atoms with van der Waals surface area (Å²) in [6, 6.07) is 4.04. The molecular formula is C21H31NO3. The van der Waals surface area contributed by atoms with Crippen LogP contribution in [0.25, 0.3) is 0 Å². The number of carbonyl (C=O) groups excluding carboxylic acids is 1. The number of hydrogen-bond acceptors (Lipinski definition) is 3. The number of benzene rings is 1. The quantitative estimate of drug-likeness (QED) is 0.846. The summed E-state index contributed by atoms with van der Waals surface area (Å²) in [5.41, 5.74) is 2.60. The SMILES string of the molecule is CC(=O)N[C@]1(C)C[C@H](c2cc(C)c(O)c(C)c2)O[C@@H]2C[C@H](C)CC[C@H]21. The van der Waals surface area contributed by atoms with E-state index in [2.05, 4.69) is 19.2 Å². The number of fused-ring (bicyclic) bond motifs is 1. The summed E-state index contributed by atoms with van der Waals surface area (Å²) in [6.45, 7) is 9.91. The van der Waals surface area contributed by atoms with Crippen LogP contribution in [0.15, 0.2) is 12.1 Å². The average Bonchev–Trinajstić information content (AvgIpc) is 2.50. The van der Waals surface area contributed by atoms with Crippen molar-refractivity contribution in [1.82, 2.24) is 5.32 Å². The van der Waals surface area contributed by atoms with E-state index in [-0.39, 0.29) is 23.7 Å². The van der Waals surface area contributed by atoms with E-state index in [0.29, 0.717) is 17.6 Å². The third-order valence-electron chi connectivity index (χ3n) is 6.17. The Hall–Kier alpha value is -1.55. The first-order chi connectivity index (χ1) is 11.7. The van der Waals surface area contributed by atoms with E-state index in [1.807, 2.05) is 26.0 Å². The molecule has 1 heterocycles. The van der Waals surface area contributed by atoms with Crippen LogP contribution in [0, 0.1) is 25.7 Å². The minimum atomic E-state index is -0.251. The Bertz CT molecular complexity index is 648. The highest BCUT2D eigenvalue weighted by Crippen LogP contribution is 2.48. The highest BCUT2D eigenvalue weighted by atomic mass is 16.5. The largest absolute Gasteiger partial charge is 0.507 e. The fourth-order valence-corrected chi connectivity index (χ4v) is 4.92. The first kappa shape index (κ1) is 18.2. The van der Waals surface area contributed by atoms with E-state index < -0.39 is 0 Å². The lowest BCUT2D eigenvalue weighted by atomic mass is 9.66. The Balaban J connectivity index is 1.94. The molecular weight excluding hydrogens is 314 g/mol. The summed E-state index contributed by atoms with van der Waals surface area (Å²) < 4.78 is 6.54. The number of ether oxygens (including phenoxy) is 1. The monoisotopic (exact) mass is 345 g/mol. The molecule has 1 aromatic rings. The molecule has 0 bridgehead atoms. The van der Waals surface area contributed by atoms with Crippen LogP contribution in [0.3, 0.4) is 0 Å². The lowest BCUT2D eigenvalue weighted by molar-refractivity contribution is -0.153. The predicted molar refractivity (Wildman–Crippen MR) is 98.5 cm³/mol. The Kier molecular flexibility index (Phi) is 4.84. The molecule has 4 nitrogen and oxygen atoms in total. The molecule has 0 aromatic heterocycles. The predicted octanol–water partition coefficient (Wildman–Crippen LogP) is 4.17. The lowest BCUT2D eigenvalue weighted by Crippen LogP contribution is -2.60. The maximum Gasteiger partial charge on any atom is 0.217 e. The number of aryl methyl sites for hydroxylation is 2. The molecule has 25 heavy (non-hydrogen) atoms. The van der Waals surface area contributed by atoms with Gasteiger partial charge in [-0.3, -0.25) is 4.79 Å². The van der Waals surface area contributed by atoms with Crippen LogP contribution < -0.4 is 5.32 Å². The fraction of sp³-hybridized carbons (Fsp3) is 0.667. The minimum Gasteiger partial charge on any atom is -0.507 e. The van der Waals surface area contributed by atoms with Crippen molar-refractivity contribution < 1.29 is 14.6 Å². The second-order valence-corrected chi connectivity index (χ2v) is 8.49. The first-order valence-electron chi connectivity index (χ1n) is 9.44. The molecule has 2 fully saturated rings. The molecule has 2 aliphatic rings. The molecule has 0 unspecified atom stereocenters. The third kappa shape index (κ3) is 3.55. The van der Waals surface area contributed by atoms with Gasteiger partial charge in [-0.2, -0.15) is 0 Å². The van der Waals surface area contributed by atoms with Gasteiger partial charge in [-0.05, 0) is 68.4 Å². The van der Waals surface area contributed by atoms with Gasteiger partial charge in [-0.1, -0.05) is 13.3 Å². The topological polar surface area (TPSA) is 58.6 Å². The Labute approximate surface area is 151 Å². The van der Waals surface area contributed by atoms with Gasteiger partial charge in [-0.15, -0.1) is 0 Å². The Morgan fingerprint density at radius 3 is 2.52 bits per heavy atom. The second-order valence-electron chi connectivity index (χ2n) is 8.49. The summed E-state index contributed by atoms with van der Waals surface area (Å²) in [5.74, 6) is 1.40. The highest BCUT2D eigenvalue weighted by molar-refractivity contribution is 5.73. The van der Waals surface area contributed by atoms with Crippen LogP contribution in [0.2, 0.25) is 0 Å². The van der Waals surface area contributed by atoms with Crippen molar-refractivity contribution in [3.8, 4) is 5.75 Å². The van der Waals surface area contributed by atoms with Gasteiger partial charge in [0, 0.05) is 24.8 Å². The van der Waals surface area contributed by atoms with E-state index in [9.17, 15) is 9.90 Å². The van der Waals surface area contributed by atoms with E-state index in [1.54, 1.807) is 6.92 Å². The van der Waals surface area contributed by atoms with Crippen molar-refractivity contribution in [1.29, 1.82) is 0 Å². The zero-order chi connectivity index (χ0) is 18.4. The third-order valence-corrected chi connectivity index (χ3v) is 6.17. The highest BCUT2D eigenvalue weighted by Gasteiger charge is 2.49. The summed E-state index contributed by atoms with van der Waals surface area (Å²) in [6.07, 6.45) is 4.23. The van der Waals surface area contributed by atoms with Gasteiger partial charge in [-0.25, -0.2) is 0 Å². The van der Waals surface area contributed by atoms with Gasteiger partial charge >= 0.3 is 0 Å². The number of phenols is 1. The summed E-state index contributed by atoms with van der Waals surface area (Å²) in [5, 5.41) is 13.3. The molecule has 1 aliphatic carbocycles. The van der Waals surface area contributed by atoms with E-state index in [1.165, 1.54) is 6.42 Å². The van der Waals surface area contributed by atoms with Crippen molar-refractivity contribution >= 4 is 5.91 Å². The molecule has 1 saturated heterocycles. The number of carbonyl (C=O) groups is 1. The summed E-state index contributed by atoms with van der Waals surface area (Å²) in [4.78, 5) is 11.9. The number of aromatic hydroxyl groups is 1. The van der Waals surface area contributed by atoms with Crippen LogP contribution in [-0.4, -0.2) is 22.7 Å². The standard InChI is InChI=1S/C21H31NO3/c1-12-6-7-17-18(8-12)25-19(11-21(17,5)22-15(4)23)16-9-13(2)20(24)14(3)10-16/h9-10,12,17-19,24H,6-8,11H2,1-5H3,(H,22,23)/t12-,17-,18-,19-,21-/m1/s1. The zero-order valence-corrected chi connectivity index (χ0v) is 16.1. The molecule has 5 atom stereocenters. The van der Waals surface area contributed by atoms with E-state index in [4.69, 9.17) is 4.74 Å². The van der Waals surface area contributed by atoms with Crippen molar-refractivity contribution in [2.45, 2.75) is 78.0 Å². The molecule has 0 radical (unpaired) electrons. The Morgan fingerprint density at radius 1 is 1.28 bits per heavy atom. The number of rotatable bonds is 2. The molecule has 1 aliphatic heterocycles. The van der Waals surface area contributed by atoms with Crippen LogP contribution in [-0.2, 0) is 9.53 Å².